The van der Waals surface area contributed by atoms with Crippen LogP contribution in [0.5, 0.6) is 5.75 Å². The largest absolute Gasteiger partial charge is 0.494 e. The van der Waals surface area contributed by atoms with Gasteiger partial charge in [0.15, 0.2) is 0 Å². The molecule has 2 aromatic carbocycles. The number of ether oxygens (including phenoxy) is 1. The lowest BCUT2D eigenvalue weighted by atomic mass is 10.1. The third-order valence-corrected chi connectivity index (χ3v) is 9.47. The number of thiophene rings is 1. The summed E-state index contributed by atoms with van der Waals surface area (Å²) < 4.78 is 8.65. The van der Waals surface area contributed by atoms with Crippen LogP contribution in [0.2, 0.25) is 0 Å². The molecule has 4 aromatic rings. The van der Waals surface area contributed by atoms with Gasteiger partial charge in [0, 0.05) is 73.5 Å². The molecule has 1 aliphatic rings. The molecule has 0 bridgehead atoms. The van der Waals surface area contributed by atoms with Gasteiger partial charge in [0.1, 0.15) is 5.75 Å². The molecule has 1 amide bonds. The number of hydrogen-bond acceptors (Lipinski definition) is 7. The minimum absolute atomic E-state index is 0.0214. The molecule has 1 aliphatic heterocycles. The average Bonchev–Trinajstić information content (AvgIpc) is 3.54. The number of nitrogens with one attached hydrogen (secondary N) is 1. The lowest BCUT2D eigenvalue weighted by Crippen LogP contribution is -2.46. The minimum Gasteiger partial charge on any atom is -0.494 e. The molecular formula is C36H46N4O4S. The van der Waals surface area contributed by atoms with Gasteiger partial charge in [-0.2, -0.15) is 0 Å². The highest BCUT2D eigenvalue weighted by Crippen LogP contribution is 2.31. The highest BCUT2D eigenvalue weighted by molar-refractivity contribution is 7.17. The Hall–Kier alpha value is -3.69. The quantitative estimate of drug-likeness (QED) is 0.139. The van der Waals surface area contributed by atoms with E-state index in [1.165, 1.54) is 26.4 Å². The summed E-state index contributed by atoms with van der Waals surface area (Å²) in [7, 11) is 0. The summed E-state index contributed by atoms with van der Waals surface area (Å²) in [6.45, 7) is 8.39. The van der Waals surface area contributed by atoms with Crippen molar-refractivity contribution in [3.63, 3.8) is 0 Å². The van der Waals surface area contributed by atoms with E-state index in [9.17, 15) is 14.4 Å². The van der Waals surface area contributed by atoms with Crippen molar-refractivity contribution in [3.05, 3.63) is 70.3 Å². The summed E-state index contributed by atoms with van der Waals surface area (Å²) in [5.41, 5.74) is 1.55. The maximum absolute atomic E-state index is 13.1. The Labute approximate surface area is 270 Å². The minimum atomic E-state index is -0.350. The van der Waals surface area contributed by atoms with Crippen LogP contribution >= 0.6 is 11.3 Å². The fraction of sp³-hybridized carbons (Fsp3) is 0.472. The molecule has 45 heavy (non-hydrogen) atoms. The van der Waals surface area contributed by atoms with Crippen LogP contribution in [-0.4, -0.2) is 67.2 Å². The molecule has 0 aliphatic carbocycles. The summed E-state index contributed by atoms with van der Waals surface area (Å²) in [4.78, 5) is 42.8. The lowest BCUT2D eigenvalue weighted by molar-refractivity contribution is -0.121. The van der Waals surface area contributed by atoms with Gasteiger partial charge in [-0.25, -0.2) is 4.57 Å². The Morgan fingerprint density at radius 2 is 1.73 bits per heavy atom. The van der Waals surface area contributed by atoms with Crippen LogP contribution in [0.1, 0.15) is 69.5 Å². The summed E-state index contributed by atoms with van der Waals surface area (Å²) in [5.74, 6) is 0.404. The van der Waals surface area contributed by atoms with Crippen molar-refractivity contribution in [3.8, 4) is 5.75 Å². The van der Waals surface area contributed by atoms with Gasteiger partial charge in [-0.05, 0) is 79.4 Å². The fourth-order valence-electron chi connectivity index (χ4n) is 6.03. The fourth-order valence-corrected chi connectivity index (χ4v) is 6.84. The second-order valence-electron chi connectivity index (χ2n) is 11.9. The number of carbonyl (C=O) groups is 2. The molecule has 2 aromatic heterocycles. The predicted octanol–water partition coefficient (Wildman–Crippen LogP) is 6.70. The van der Waals surface area contributed by atoms with Crippen molar-refractivity contribution < 1.29 is 14.3 Å². The third-order valence-electron chi connectivity index (χ3n) is 8.59. The first kappa shape index (κ1) is 32.7. The zero-order chi connectivity index (χ0) is 31.4. The standard InChI is InChI=1S/C36H46N4O4S/c1-2-3-4-5-12-34(41)37-19-9-13-35(42)40-32-27-29(16-14-28(32)15-17-36(40)43)44-25-7-6-20-38-21-23-39(24-22-38)31-10-8-11-33-30(31)18-26-45-33/h8,10-11,14-18,26-27H,2-7,9,12-13,19-25H2,1H3,(H,37,41). The maximum Gasteiger partial charge on any atom is 0.257 e. The van der Waals surface area contributed by atoms with Gasteiger partial charge in [0.2, 0.25) is 11.8 Å². The average molecular weight is 631 g/mol. The van der Waals surface area contributed by atoms with Crippen molar-refractivity contribution in [1.82, 2.24) is 14.8 Å². The van der Waals surface area contributed by atoms with Gasteiger partial charge < -0.3 is 15.0 Å². The van der Waals surface area contributed by atoms with Gasteiger partial charge in [0.05, 0.1) is 12.1 Å². The number of rotatable bonds is 16. The van der Waals surface area contributed by atoms with Crippen molar-refractivity contribution >= 4 is 49.8 Å². The summed E-state index contributed by atoms with van der Waals surface area (Å²) >= 11 is 1.80. The van der Waals surface area contributed by atoms with Crippen molar-refractivity contribution in [2.24, 2.45) is 0 Å². The summed E-state index contributed by atoms with van der Waals surface area (Å²) in [5, 5.41) is 7.23. The van der Waals surface area contributed by atoms with Crippen LogP contribution in [0.15, 0.2) is 64.8 Å². The van der Waals surface area contributed by atoms with Crippen molar-refractivity contribution in [1.29, 1.82) is 0 Å². The number of aromatic nitrogens is 1. The molecule has 8 nitrogen and oxygen atoms in total. The van der Waals surface area contributed by atoms with Gasteiger partial charge in [-0.15, -0.1) is 11.3 Å². The number of carbonyl (C=O) groups excluding carboxylic acids is 2. The van der Waals surface area contributed by atoms with E-state index in [0.717, 1.165) is 76.6 Å². The van der Waals surface area contributed by atoms with E-state index in [2.05, 4.69) is 51.7 Å². The number of piperazine rings is 1. The van der Waals surface area contributed by atoms with Gasteiger partial charge >= 0.3 is 0 Å². The third kappa shape index (κ3) is 8.95. The number of anilines is 1. The molecule has 5 rings (SSSR count). The Morgan fingerprint density at radius 1 is 0.889 bits per heavy atom. The van der Waals surface area contributed by atoms with Crippen LogP contribution in [0.3, 0.4) is 0 Å². The number of fused-ring (bicyclic) bond motifs is 2. The molecule has 1 N–H and O–H groups in total. The first-order valence-corrected chi connectivity index (χ1v) is 17.4. The number of pyridine rings is 1. The van der Waals surface area contributed by atoms with E-state index < -0.39 is 0 Å². The number of benzene rings is 2. The lowest BCUT2D eigenvalue weighted by Gasteiger charge is -2.36. The Kier molecular flexibility index (Phi) is 12.0. The second-order valence-corrected chi connectivity index (χ2v) is 12.8. The number of hydrogen-bond donors (Lipinski definition) is 1. The normalized spacial score (nSPS) is 13.8. The first-order valence-electron chi connectivity index (χ1n) is 16.6. The topological polar surface area (TPSA) is 83.9 Å². The predicted molar refractivity (Wildman–Crippen MR) is 185 cm³/mol. The van der Waals surface area contributed by atoms with Crippen LogP contribution in [0.4, 0.5) is 5.69 Å². The monoisotopic (exact) mass is 630 g/mol. The molecule has 240 valence electrons. The van der Waals surface area contributed by atoms with Crippen LogP contribution in [0.25, 0.3) is 21.0 Å². The number of unbranched alkanes of at least 4 members (excludes halogenated alkanes) is 4. The van der Waals surface area contributed by atoms with E-state index in [4.69, 9.17) is 4.74 Å². The summed E-state index contributed by atoms with van der Waals surface area (Å²) in [6, 6.07) is 17.6. The van der Waals surface area contributed by atoms with E-state index in [0.29, 0.717) is 37.3 Å². The van der Waals surface area contributed by atoms with Crippen molar-refractivity contribution in [2.75, 3.05) is 50.8 Å². The Bertz CT molecular complexity index is 1620. The van der Waals surface area contributed by atoms with E-state index in [1.807, 2.05) is 12.1 Å². The maximum atomic E-state index is 13.1. The Morgan fingerprint density at radius 3 is 2.58 bits per heavy atom. The molecule has 1 saturated heterocycles. The van der Waals surface area contributed by atoms with Crippen LogP contribution in [0, 0.1) is 0 Å². The summed E-state index contributed by atoms with van der Waals surface area (Å²) in [6.07, 6.45) is 7.38. The SMILES string of the molecule is CCCCCCC(=O)NCCCC(=O)n1c(=O)ccc2ccc(OCCCCN3CCN(c4cccc5sccc45)CC3)cc21. The zero-order valence-electron chi connectivity index (χ0n) is 26.5. The Balaban J connectivity index is 1.04. The molecule has 9 heteroatoms. The highest BCUT2D eigenvalue weighted by atomic mass is 32.1. The van der Waals surface area contributed by atoms with E-state index >= 15 is 0 Å². The molecule has 0 spiro atoms. The zero-order valence-corrected chi connectivity index (χ0v) is 27.3. The molecule has 0 saturated carbocycles. The number of nitrogens with zero attached hydrogens (tertiary/aromatic N) is 3. The molecule has 0 radical (unpaired) electrons. The van der Waals surface area contributed by atoms with E-state index in [-0.39, 0.29) is 23.8 Å². The molecule has 1 fully saturated rings. The van der Waals surface area contributed by atoms with Crippen molar-refractivity contribution in [2.45, 2.75) is 64.7 Å². The van der Waals surface area contributed by atoms with Gasteiger partial charge in [-0.3, -0.25) is 19.3 Å². The molecule has 0 atom stereocenters. The molecule has 3 heterocycles. The number of amides is 1. The first-order chi connectivity index (χ1) is 22.0. The van der Waals surface area contributed by atoms with Gasteiger partial charge in [0.25, 0.3) is 5.56 Å². The van der Waals surface area contributed by atoms with Gasteiger partial charge in [-0.1, -0.05) is 32.3 Å². The van der Waals surface area contributed by atoms with Crippen LogP contribution in [-0.2, 0) is 4.79 Å². The molecule has 0 unspecified atom stereocenters. The smallest absolute Gasteiger partial charge is 0.257 e. The van der Waals surface area contributed by atoms with E-state index in [1.54, 1.807) is 23.5 Å². The molecular weight excluding hydrogens is 584 g/mol. The van der Waals surface area contributed by atoms with Crippen LogP contribution < -0.4 is 20.5 Å². The second kappa shape index (κ2) is 16.6. The highest BCUT2D eigenvalue weighted by Gasteiger charge is 2.19.